The summed E-state index contributed by atoms with van der Waals surface area (Å²) in [4.78, 5) is 0. The van der Waals surface area contributed by atoms with Crippen LogP contribution in [0.4, 0.5) is 0 Å². The third-order valence-electron chi connectivity index (χ3n) is 3.57. The molecule has 0 aliphatic heterocycles. The Kier molecular flexibility index (Phi) is 5.71. The van der Waals surface area contributed by atoms with Crippen LogP contribution in [0.3, 0.4) is 0 Å². The van der Waals surface area contributed by atoms with Crippen LogP contribution in [-0.4, -0.2) is 19.8 Å². The molecule has 3 nitrogen and oxygen atoms in total. The van der Waals surface area contributed by atoms with Gasteiger partial charge >= 0.3 is 0 Å². The molecule has 1 aliphatic carbocycles. The summed E-state index contributed by atoms with van der Waals surface area (Å²) < 4.78 is 11.2. The molecular formula is C16H21NO2. The zero-order chi connectivity index (χ0) is 13.3. The number of ether oxygens (including phenoxy) is 2. The van der Waals surface area contributed by atoms with Crippen molar-refractivity contribution in [3.63, 3.8) is 0 Å². The Morgan fingerprint density at radius 1 is 1.11 bits per heavy atom. The van der Waals surface area contributed by atoms with Crippen LogP contribution in [0.2, 0.25) is 0 Å². The van der Waals surface area contributed by atoms with Crippen molar-refractivity contribution < 1.29 is 9.47 Å². The van der Waals surface area contributed by atoms with Crippen LogP contribution in [0, 0.1) is 17.2 Å². The number of nitriles is 1. The Balaban J connectivity index is 1.62. The summed E-state index contributed by atoms with van der Waals surface area (Å²) in [6.07, 6.45) is 6.68. The lowest BCUT2D eigenvalue weighted by Gasteiger charge is -2.21. The van der Waals surface area contributed by atoms with Gasteiger partial charge in [0.2, 0.25) is 0 Å². The average molecular weight is 259 g/mol. The van der Waals surface area contributed by atoms with Gasteiger partial charge in [0.05, 0.1) is 12.2 Å². The molecule has 0 unspecified atom stereocenters. The molecule has 1 saturated carbocycles. The Labute approximate surface area is 115 Å². The quantitative estimate of drug-likeness (QED) is 0.734. The van der Waals surface area contributed by atoms with Gasteiger partial charge in [-0.2, -0.15) is 5.26 Å². The molecule has 0 heterocycles. The summed E-state index contributed by atoms with van der Waals surface area (Å²) >= 11 is 0. The number of para-hydroxylation sites is 1. The van der Waals surface area contributed by atoms with Gasteiger partial charge in [0.15, 0.2) is 0 Å². The highest BCUT2D eigenvalue weighted by atomic mass is 16.5. The third-order valence-corrected chi connectivity index (χ3v) is 3.57. The van der Waals surface area contributed by atoms with Crippen molar-refractivity contribution in [2.24, 2.45) is 5.92 Å². The van der Waals surface area contributed by atoms with Crippen molar-refractivity contribution in [2.45, 2.75) is 32.1 Å². The van der Waals surface area contributed by atoms with Gasteiger partial charge in [-0.15, -0.1) is 0 Å². The summed E-state index contributed by atoms with van der Waals surface area (Å²) in [6.45, 7) is 1.95. The molecule has 0 aromatic heterocycles. The van der Waals surface area contributed by atoms with E-state index >= 15 is 0 Å². The summed E-state index contributed by atoms with van der Waals surface area (Å²) in [5, 5.41) is 8.93. The molecule has 1 fully saturated rings. The van der Waals surface area contributed by atoms with Crippen molar-refractivity contribution in [2.75, 3.05) is 19.8 Å². The fourth-order valence-corrected chi connectivity index (χ4v) is 2.50. The molecule has 0 spiro atoms. The smallest absolute Gasteiger partial charge is 0.137 e. The van der Waals surface area contributed by atoms with Crippen molar-refractivity contribution in [3.8, 4) is 11.8 Å². The van der Waals surface area contributed by atoms with Gasteiger partial charge < -0.3 is 9.47 Å². The standard InChI is InChI=1S/C16H21NO2/c17-12-15-8-4-5-9-16(15)19-11-10-18-13-14-6-2-1-3-7-14/h4-5,8-9,14H,1-3,6-7,10-11,13H2. The average Bonchev–Trinajstić information content (AvgIpc) is 2.48. The molecule has 0 N–H and O–H groups in total. The maximum atomic E-state index is 8.93. The van der Waals surface area contributed by atoms with E-state index in [1.165, 1.54) is 32.1 Å². The van der Waals surface area contributed by atoms with Gasteiger partial charge in [0, 0.05) is 6.61 Å². The molecule has 102 valence electrons. The highest BCUT2D eigenvalue weighted by Gasteiger charge is 2.13. The fraction of sp³-hybridized carbons (Fsp3) is 0.562. The molecule has 1 aromatic rings. The van der Waals surface area contributed by atoms with Gasteiger partial charge in [-0.3, -0.25) is 0 Å². The lowest BCUT2D eigenvalue weighted by atomic mass is 9.90. The van der Waals surface area contributed by atoms with E-state index < -0.39 is 0 Å². The second kappa shape index (κ2) is 7.81. The molecule has 1 aromatic carbocycles. The molecule has 1 aliphatic rings. The van der Waals surface area contributed by atoms with Gasteiger partial charge in [-0.25, -0.2) is 0 Å². The number of benzene rings is 1. The second-order valence-corrected chi connectivity index (χ2v) is 5.04. The van der Waals surface area contributed by atoms with Gasteiger partial charge in [0.25, 0.3) is 0 Å². The Morgan fingerprint density at radius 3 is 2.68 bits per heavy atom. The van der Waals surface area contributed by atoms with Gasteiger partial charge in [-0.05, 0) is 30.9 Å². The summed E-state index contributed by atoms with van der Waals surface area (Å²) in [5.41, 5.74) is 0.579. The molecule has 0 saturated heterocycles. The van der Waals surface area contributed by atoms with Crippen LogP contribution in [0.5, 0.6) is 5.75 Å². The van der Waals surface area contributed by atoms with E-state index in [-0.39, 0.29) is 0 Å². The Morgan fingerprint density at radius 2 is 1.89 bits per heavy atom. The minimum Gasteiger partial charge on any atom is -0.490 e. The molecule has 0 atom stereocenters. The van der Waals surface area contributed by atoms with E-state index in [4.69, 9.17) is 14.7 Å². The van der Waals surface area contributed by atoms with E-state index in [1.807, 2.05) is 18.2 Å². The van der Waals surface area contributed by atoms with Crippen molar-refractivity contribution in [1.29, 1.82) is 5.26 Å². The normalized spacial score (nSPS) is 15.9. The summed E-state index contributed by atoms with van der Waals surface area (Å²) in [7, 11) is 0. The first-order valence-corrected chi connectivity index (χ1v) is 7.10. The molecule has 3 heteroatoms. The maximum Gasteiger partial charge on any atom is 0.137 e. The van der Waals surface area contributed by atoms with E-state index in [9.17, 15) is 0 Å². The van der Waals surface area contributed by atoms with Crippen LogP contribution in [0.25, 0.3) is 0 Å². The predicted octanol–water partition coefficient (Wildman–Crippen LogP) is 3.53. The van der Waals surface area contributed by atoms with Gasteiger partial charge in [0.1, 0.15) is 18.4 Å². The first-order valence-electron chi connectivity index (χ1n) is 7.10. The van der Waals surface area contributed by atoms with Crippen molar-refractivity contribution >= 4 is 0 Å². The van der Waals surface area contributed by atoms with Crippen LogP contribution in [0.1, 0.15) is 37.7 Å². The van der Waals surface area contributed by atoms with E-state index in [2.05, 4.69) is 6.07 Å². The van der Waals surface area contributed by atoms with E-state index in [0.717, 1.165) is 12.5 Å². The SMILES string of the molecule is N#Cc1ccccc1OCCOCC1CCCCC1. The summed E-state index contributed by atoms with van der Waals surface area (Å²) in [6, 6.07) is 9.42. The third kappa shape index (κ3) is 4.57. The zero-order valence-corrected chi connectivity index (χ0v) is 11.3. The number of nitrogens with zero attached hydrogens (tertiary/aromatic N) is 1. The highest BCUT2D eigenvalue weighted by Crippen LogP contribution is 2.23. The highest BCUT2D eigenvalue weighted by molar-refractivity contribution is 5.42. The topological polar surface area (TPSA) is 42.2 Å². The number of rotatable bonds is 6. The van der Waals surface area contributed by atoms with Crippen LogP contribution >= 0.6 is 0 Å². The summed E-state index contributed by atoms with van der Waals surface area (Å²) in [5.74, 6) is 1.38. The lowest BCUT2D eigenvalue weighted by Crippen LogP contribution is -2.16. The fourth-order valence-electron chi connectivity index (χ4n) is 2.50. The second-order valence-electron chi connectivity index (χ2n) is 5.04. The predicted molar refractivity (Wildman–Crippen MR) is 74.0 cm³/mol. The lowest BCUT2D eigenvalue weighted by molar-refractivity contribution is 0.0635. The van der Waals surface area contributed by atoms with Gasteiger partial charge in [-0.1, -0.05) is 31.4 Å². The van der Waals surface area contributed by atoms with E-state index in [1.54, 1.807) is 6.07 Å². The first-order chi connectivity index (χ1) is 9.40. The van der Waals surface area contributed by atoms with Crippen LogP contribution in [-0.2, 0) is 4.74 Å². The minimum absolute atomic E-state index is 0.505. The Bertz CT molecular complexity index is 419. The molecule has 0 bridgehead atoms. The van der Waals surface area contributed by atoms with Crippen molar-refractivity contribution in [1.82, 2.24) is 0 Å². The molecule has 0 radical (unpaired) electrons. The zero-order valence-electron chi connectivity index (χ0n) is 11.3. The number of hydrogen-bond donors (Lipinski definition) is 0. The van der Waals surface area contributed by atoms with Crippen LogP contribution in [0.15, 0.2) is 24.3 Å². The molecule has 2 rings (SSSR count). The van der Waals surface area contributed by atoms with Crippen molar-refractivity contribution in [3.05, 3.63) is 29.8 Å². The van der Waals surface area contributed by atoms with Crippen LogP contribution < -0.4 is 4.74 Å². The van der Waals surface area contributed by atoms with E-state index in [0.29, 0.717) is 24.5 Å². The number of hydrogen-bond acceptors (Lipinski definition) is 3. The minimum atomic E-state index is 0.505. The maximum absolute atomic E-state index is 8.93. The first kappa shape index (κ1) is 13.9. The largest absolute Gasteiger partial charge is 0.490 e. The molecule has 19 heavy (non-hydrogen) atoms. The monoisotopic (exact) mass is 259 g/mol. The molecule has 0 amide bonds. The Hall–Kier alpha value is -1.53. The molecular weight excluding hydrogens is 238 g/mol.